The van der Waals surface area contributed by atoms with Gasteiger partial charge in [-0.1, -0.05) is 6.07 Å². The second kappa shape index (κ2) is 7.94. The van der Waals surface area contributed by atoms with Gasteiger partial charge in [-0.25, -0.2) is 0 Å². The molecule has 0 spiro atoms. The van der Waals surface area contributed by atoms with E-state index in [-0.39, 0.29) is 12.6 Å². The number of hydrogen-bond acceptors (Lipinski definition) is 4. The van der Waals surface area contributed by atoms with Gasteiger partial charge in [-0.3, -0.25) is 0 Å². The number of aliphatic hydroxyl groups is 1. The second-order valence-electron chi connectivity index (χ2n) is 5.09. The van der Waals surface area contributed by atoms with E-state index < -0.39 is 6.10 Å². The van der Waals surface area contributed by atoms with Crippen LogP contribution in [0.25, 0.3) is 0 Å². The van der Waals surface area contributed by atoms with Crippen LogP contribution in [0, 0.1) is 6.92 Å². The van der Waals surface area contributed by atoms with Crippen molar-refractivity contribution in [2.75, 3.05) is 13.2 Å². The van der Waals surface area contributed by atoms with Gasteiger partial charge < -0.3 is 15.2 Å². The maximum atomic E-state index is 10.0. The van der Waals surface area contributed by atoms with Gasteiger partial charge in [0.2, 0.25) is 0 Å². The lowest BCUT2D eigenvalue weighted by molar-refractivity contribution is 0.104. The Kier molecular flexibility index (Phi) is 6.23. The minimum Gasteiger partial charge on any atom is -0.490 e. The van der Waals surface area contributed by atoms with E-state index in [0.717, 1.165) is 10.2 Å². The number of halogens is 1. The Hall–Kier alpha value is -0.880. The van der Waals surface area contributed by atoms with E-state index in [2.05, 4.69) is 45.0 Å². The first-order valence-electron chi connectivity index (χ1n) is 6.88. The summed E-state index contributed by atoms with van der Waals surface area (Å²) in [5.41, 5.74) is 2.41. The molecule has 2 atom stereocenters. The predicted molar refractivity (Wildman–Crippen MR) is 91.1 cm³/mol. The van der Waals surface area contributed by atoms with E-state index in [0.29, 0.717) is 6.54 Å². The molecular weight excluding hydrogens is 350 g/mol. The average molecular weight is 370 g/mol. The lowest BCUT2D eigenvalue weighted by Gasteiger charge is -2.17. The third-order valence-corrected chi connectivity index (χ3v) is 4.54. The maximum Gasteiger partial charge on any atom is 0.133 e. The molecular formula is C16H20BrNO2S. The first-order valence-corrected chi connectivity index (χ1v) is 8.62. The highest BCUT2D eigenvalue weighted by Gasteiger charge is 2.10. The first-order chi connectivity index (χ1) is 10.1. The summed E-state index contributed by atoms with van der Waals surface area (Å²) in [6.07, 6.45) is -0.542. The number of nitrogens with one attached hydrogen (secondary N) is 1. The Morgan fingerprint density at radius 3 is 2.86 bits per heavy atom. The van der Waals surface area contributed by atoms with E-state index >= 15 is 0 Å². The number of rotatable bonds is 7. The number of aryl methyl sites for hydroxylation is 1. The molecule has 0 aliphatic carbocycles. The van der Waals surface area contributed by atoms with Crippen LogP contribution in [0.4, 0.5) is 0 Å². The number of aliphatic hydroxyl groups excluding tert-OH is 1. The summed E-state index contributed by atoms with van der Waals surface area (Å²) in [6.45, 7) is 4.89. The topological polar surface area (TPSA) is 41.5 Å². The summed E-state index contributed by atoms with van der Waals surface area (Å²) >= 11 is 5.14. The highest BCUT2D eigenvalue weighted by molar-refractivity contribution is 9.10. The fourth-order valence-corrected chi connectivity index (χ4v) is 3.28. The van der Waals surface area contributed by atoms with Gasteiger partial charge in [0.15, 0.2) is 0 Å². The summed E-state index contributed by atoms with van der Waals surface area (Å²) in [5.74, 6) is 0.755. The zero-order chi connectivity index (χ0) is 15.2. The van der Waals surface area contributed by atoms with Gasteiger partial charge in [0.05, 0.1) is 4.47 Å². The van der Waals surface area contributed by atoms with Gasteiger partial charge in [0.1, 0.15) is 18.5 Å². The molecule has 0 fully saturated rings. The van der Waals surface area contributed by atoms with Crippen LogP contribution in [0.2, 0.25) is 0 Å². The van der Waals surface area contributed by atoms with E-state index in [4.69, 9.17) is 4.74 Å². The third-order valence-electron chi connectivity index (χ3n) is 3.22. The fraction of sp³-hybridized carbons (Fsp3) is 0.375. The molecule has 0 bridgehead atoms. The number of benzene rings is 1. The van der Waals surface area contributed by atoms with Gasteiger partial charge in [0, 0.05) is 12.6 Å². The number of hydrogen-bond donors (Lipinski definition) is 2. The molecule has 5 heteroatoms. The molecule has 1 heterocycles. The molecule has 0 aliphatic rings. The third kappa shape index (κ3) is 5.11. The molecule has 0 saturated carbocycles. The highest BCUT2D eigenvalue weighted by Crippen LogP contribution is 2.25. The zero-order valence-corrected chi connectivity index (χ0v) is 14.6. The van der Waals surface area contributed by atoms with Crippen molar-refractivity contribution in [1.29, 1.82) is 0 Å². The summed E-state index contributed by atoms with van der Waals surface area (Å²) in [5, 5.41) is 17.5. The van der Waals surface area contributed by atoms with Crippen LogP contribution in [0.3, 0.4) is 0 Å². The van der Waals surface area contributed by atoms with Gasteiger partial charge >= 0.3 is 0 Å². The molecule has 0 radical (unpaired) electrons. The van der Waals surface area contributed by atoms with Crippen molar-refractivity contribution in [2.45, 2.75) is 26.0 Å². The van der Waals surface area contributed by atoms with E-state index in [1.54, 1.807) is 11.3 Å². The van der Waals surface area contributed by atoms with Crippen LogP contribution < -0.4 is 10.1 Å². The number of ether oxygens (including phenoxy) is 1. The predicted octanol–water partition coefficient (Wildman–Crippen LogP) is 3.91. The molecule has 21 heavy (non-hydrogen) atoms. The van der Waals surface area contributed by atoms with E-state index in [1.165, 1.54) is 11.1 Å². The minimum absolute atomic E-state index is 0.233. The summed E-state index contributed by atoms with van der Waals surface area (Å²) in [6, 6.07) is 8.22. The summed E-state index contributed by atoms with van der Waals surface area (Å²) in [7, 11) is 0. The highest BCUT2D eigenvalue weighted by atomic mass is 79.9. The average Bonchev–Trinajstić information content (AvgIpc) is 2.98. The molecule has 114 valence electrons. The van der Waals surface area contributed by atoms with Crippen LogP contribution in [0.5, 0.6) is 5.75 Å². The molecule has 1 aromatic carbocycles. The standard InChI is InChI=1S/C16H20BrNO2S/c1-11-3-4-16(15(17)7-11)20-9-14(19)8-18-12(2)13-5-6-21-10-13/h3-7,10,12,14,18-19H,8-9H2,1-2H3. The Morgan fingerprint density at radius 1 is 1.38 bits per heavy atom. The molecule has 2 N–H and O–H groups in total. The molecule has 0 aliphatic heterocycles. The lowest BCUT2D eigenvalue weighted by Crippen LogP contribution is -2.32. The largest absolute Gasteiger partial charge is 0.490 e. The SMILES string of the molecule is Cc1ccc(OCC(O)CNC(C)c2ccsc2)c(Br)c1. The van der Waals surface area contributed by atoms with Gasteiger partial charge in [-0.05, 0) is 69.9 Å². The Morgan fingerprint density at radius 2 is 2.19 bits per heavy atom. The van der Waals surface area contributed by atoms with Crippen molar-refractivity contribution >= 4 is 27.3 Å². The minimum atomic E-state index is -0.542. The van der Waals surface area contributed by atoms with Crippen molar-refractivity contribution in [3.63, 3.8) is 0 Å². The van der Waals surface area contributed by atoms with Crippen molar-refractivity contribution in [1.82, 2.24) is 5.32 Å². The van der Waals surface area contributed by atoms with Crippen molar-refractivity contribution < 1.29 is 9.84 Å². The normalized spacial score (nSPS) is 13.9. The molecule has 1 aromatic heterocycles. The molecule has 0 amide bonds. The van der Waals surface area contributed by atoms with Crippen molar-refractivity contribution in [3.8, 4) is 5.75 Å². The van der Waals surface area contributed by atoms with Gasteiger partial charge in [-0.15, -0.1) is 0 Å². The first kappa shape index (κ1) is 16.5. The van der Waals surface area contributed by atoms with Gasteiger partial charge in [-0.2, -0.15) is 11.3 Å². The van der Waals surface area contributed by atoms with Crippen molar-refractivity contribution in [3.05, 3.63) is 50.6 Å². The van der Waals surface area contributed by atoms with Crippen LogP contribution >= 0.6 is 27.3 Å². The van der Waals surface area contributed by atoms with E-state index in [9.17, 15) is 5.11 Å². The lowest BCUT2D eigenvalue weighted by atomic mass is 10.2. The number of thiophene rings is 1. The molecule has 2 unspecified atom stereocenters. The van der Waals surface area contributed by atoms with Gasteiger partial charge in [0.25, 0.3) is 0 Å². The molecule has 2 aromatic rings. The molecule has 3 nitrogen and oxygen atoms in total. The summed E-state index contributed by atoms with van der Waals surface area (Å²) < 4.78 is 6.55. The van der Waals surface area contributed by atoms with Crippen LogP contribution in [-0.2, 0) is 0 Å². The zero-order valence-electron chi connectivity index (χ0n) is 12.2. The second-order valence-corrected chi connectivity index (χ2v) is 6.72. The Bertz CT molecular complexity index is 559. The van der Waals surface area contributed by atoms with Crippen LogP contribution in [0.15, 0.2) is 39.5 Å². The molecule has 0 saturated heterocycles. The fourth-order valence-electron chi connectivity index (χ4n) is 1.92. The van der Waals surface area contributed by atoms with Crippen LogP contribution in [-0.4, -0.2) is 24.4 Å². The Labute approximate surface area is 138 Å². The quantitative estimate of drug-likeness (QED) is 0.777. The molecule has 2 rings (SSSR count). The van der Waals surface area contributed by atoms with Crippen molar-refractivity contribution in [2.24, 2.45) is 0 Å². The van der Waals surface area contributed by atoms with Crippen LogP contribution in [0.1, 0.15) is 24.1 Å². The monoisotopic (exact) mass is 369 g/mol. The summed E-state index contributed by atoms with van der Waals surface area (Å²) in [4.78, 5) is 0. The maximum absolute atomic E-state index is 10.0. The smallest absolute Gasteiger partial charge is 0.133 e. The Balaban J connectivity index is 1.75. The van der Waals surface area contributed by atoms with E-state index in [1.807, 2.05) is 25.1 Å².